The standard InChI is InChI=1S/C26H22ClNO6/c1-15-20(27)5-4-6-21(15)28-25(29)14-33-17-8-9-18-23(12-17)34-13-19(26(18)30)16-7-10-22(31-2)24(11-16)32-3/h4-13H,14H2,1-3H3,(H,28,29). The number of rotatable bonds is 7. The molecule has 1 N–H and O–H groups in total. The molecule has 0 saturated carbocycles. The molecule has 174 valence electrons. The number of amides is 1. The topological polar surface area (TPSA) is 87.0 Å². The molecule has 34 heavy (non-hydrogen) atoms. The van der Waals surface area contributed by atoms with Crippen molar-refractivity contribution >= 4 is 34.2 Å². The first-order valence-electron chi connectivity index (χ1n) is 10.4. The Morgan fingerprint density at radius 2 is 1.82 bits per heavy atom. The maximum absolute atomic E-state index is 13.1. The number of fused-ring (bicyclic) bond motifs is 1. The van der Waals surface area contributed by atoms with Gasteiger partial charge in [0.25, 0.3) is 5.91 Å². The van der Waals surface area contributed by atoms with Crippen LogP contribution < -0.4 is 25.0 Å². The first-order valence-corrected chi connectivity index (χ1v) is 10.7. The van der Waals surface area contributed by atoms with E-state index >= 15 is 0 Å². The second-order valence-corrected chi connectivity index (χ2v) is 7.86. The lowest BCUT2D eigenvalue weighted by Crippen LogP contribution is -2.20. The fourth-order valence-electron chi connectivity index (χ4n) is 3.48. The molecule has 0 bridgehead atoms. The molecule has 1 aromatic heterocycles. The van der Waals surface area contributed by atoms with Crippen LogP contribution in [0.2, 0.25) is 5.02 Å². The Balaban J connectivity index is 1.52. The highest BCUT2D eigenvalue weighted by molar-refractivity contribution is 6.31. The summed E-state index contributed by atoms with van der Waals surface area (Å²) in [7, 11) is 3.08. The van der Waals surface area contributed by atoms with Crippen LogP contribution in [0.3, 0.4) is 0 Å². The van der Waals surface area contributed by atoms with Crippen molar-refractivity contribution in [2.75, 3.05) is 26.1 Å². The van der Waals surface area contributed by atoms with Crippen LogP contribution >= 0.6 is 11.6 Å². The van der Waals surface area contributed by atoms with Crippen LogP contribution in [0, 0.1) is 6.92 Å². The molecule has 0 fully saturated rings. The molecule has 4 rings (SSSR count). The van der Waals surface area contributed by atoms with Crippen LogP contribution in [0.15, 0.2) is 70.1 Å². The number of benzene rings is 3. The van der Waals surface area contributed by atoms with Crippen molar-refractivity contribution in [3.05, 3.63) is 81.7 Å². The van der Waals surface area contributed by atoms with E-state index in [0.29, 0.717) is 50.1 Å². The number of methoxy groups -OCH3 is 2. The van der Waals surface area contributed by atoms with E-state index in [2.05, 4.69) is 5.32 Å². The summed E-state index contributed by atoms with van der Waals surface area (Å²) in [6.07, 6.45) is 1.39. The van der Waals surface area contributed by atoms with E-state index in [1.54, 1.807) is 61.7 Å². The highest BCUT2D eigenvalue weighted by Gasteiger charge is 2.14. The third-order valence-corrected chi connectivity index (χ3v) is 5.76. The zero-order valence-electron chi connectivity index (χ0n) is 18.8. The zero-order chi connectivity index (χ0) is 24.2. The van der Waals surface area contributed by atoms with Gasteiger partial charge >= 0.3 is 0 Å². The maximum Gasteiger partial charge on any atom is 0.262 e. The lowest BCUT2D eigenvalue weighted by atomic mass is 10.0. The van der Waals surface area contributed by atoms with Gasteiger partial charge in [0.05, 0.1) is 25.2 Å². The molecule has 4 aromatic rings. The van der Waals surface area contributed by atoms with Gasteiger partial charge in [-0.3, -0.25) is 9.59 Å². The van der Waals surface area contributed by atoms with Crippen LogP contribution in [0.1, 0.15) is 5.56 Å². The molecule has 1 heterocycles. The number of halogens is 1. The minimum absolute atomic E-state index is 0.200. The fourth-order valence-corrected chi connectivity index (χ4v) is 3.65. The third-order valence-electron chi connectivity index (χ3n) is 5.35. The van der Waals surface area contributed by atoms with Crippen molar-refractivity contribution < 1.29 is 23.4 Å². The molecule has 0 unspecified atom stereocenters. The molecular formula is C26H22ClNO6. The quantitative estimate of drug-likeness (QED) is 0.379. The van der Waals surface area contributed by atoms with E-state index in [0.717, 1.165) is 5.56 Å². The first-order chi connectivity index (χ1) is 16.4. The molecule has 7 nitrogen and oxygen atoms in total. The van der Waals surface area contributed by atoms with E-state index in [1.807, 2.05) is 6.92 Å². The average molecular weight is 480 g/mol. The van der Waals surface area contributed by atoms with Gasteiger partial charge in [-0.05, 0) is 54.4 Å². The van der Waals surface area contributed by atoms with Gasteiger partial charge in [0.15, 0.2) is 23.5 Å². The summed E-state index contributed by atoms with van der Waals surface area (Å²) in [6, 6.07) is 15.3. The lowest BCUT2D eigenvalue weighted by Gasteiger charge is -2.11. The minimum atomic E-state index is -0.337. The number of hydrogen-bond donors (Lipinski definition) is 1. The van der Waals surface area contributed by atoms with Crippen molar-refractivity contribution in [3.63, 3.8) is 0 Å². The van der Waals surface area contributed by atoms with Gasteiger partial charge in [0.2, 0.25) is 0 Å². The van der Waals surface area contributed by atoms with E-state index < -0.39 is 0 Å². The smallest absolute Gasteiger partial charge is 0.262 e. The first kappa shape index (κ1) is 23.2. The van der Waals surface area contributed by atoms with Crippen molar-refractivity contribution in [3.8, 4) is 28.4 Å². The van der Waals surface area contributed by atoms with Gasteiger partial charge in [0.1, 0.15) is 17.6 Å². The predicted octanol–water partition coefficient (Wildman–Crippen LogP) is 5.46. The summed E-state index contributed by atoms with van der Waals surface area (Å²) >= 11 is 6.09. The maximum atomic E-state index is 13.1. The zero-order valence-corrected chi connectivity index (χ0v) is 19.6. The highest BCUT2D eigenvalue weighted by atomic mass is 35.5. The predicted molar refractivity (Wildman–Crippen MR) is 131 cm³/mol. The Hall–Kier alpha value is -3.97. The van der Waals surface area contributed by atoms with Crippen LogP contribution in [0.25, 0.3) is 22.1 Å². The van der Waals surface area contributed by atoms with Crippen LogP contribution in [0.4, 0.5) is 5.69 Å². The average Bonchev–Trinajstić information content (AvgIpc) is 2.85. The summed E-state index contributed by atoms with van der Waals surface area (Å²) in [4.78, 5) is 25.4. The SMILES string of the molecule is COc1ccc(-c2coc3cc(OCC(=O)Nc4cccc(Cl)c4C)ccc3c2=O)cc1OC. The van der Waals surface area contributed by atoms with Gasteiger partial charge in [-0.2, -0.15) is 0 Å². The number of hydrogen-bond acceptors (Lipinski definition) is 6. The van der Waals surface area contributed by atoms with Gasteiger partial charge < -0.3 is 23.9 Å². The fraction of sp³-hybridized carbons (Fsp3) is 0.154. The second-order valence-electron chi connectivity index (χ2n) is 7.46. The molecule has 0 spiro atoms. The van der Waals surface area contributed by atoms with E-state index in [1.165, 1.54) is 13.4 Å². The number of carbonyl (C=O) groups excluding carboxylic acids is 1. The molecule has 8 heteroatoms. The number of nitrogens with one attached hydrogen (secondary N) is 1. The Morgan fingerprint density at radius 3 is 2.59 bits per heavy atom. The molecule has 0 atom stereocenters. The third kappa shape index (κ3) is 4.70. The Labute approximate surface area is 200 Å². The molecule has 3 aromatic carbocycles. The molecule has 0 saturated heterocycles. The van der Waals surface area contributed by atoms with Crippen molar-refractivity contribution in [2.45, 2.75) is 6.92 Å². The van der Waals surface area contributed by atoms with Gasteiger partial charge in [-0.1, -0.05) is 23.7 Å². The Morgan fingerprint density at radius 1 is 1.03 bits per heavy atom. The van der Waals surface area contributed by atoms with Crippen molar-refractivity contribution in [1.82, 2.24) is 0 Å². The normalized spacial score (nSPS) is 10.7. The molecule has 1 amide bonds. The van der Waals surface area contributed by atoms with E-state index in [9.17, 15) is 9.59 Å². The van der Waals surface area contributed by atoms with Crippen molar-refractivity contribution in [1.29, 1.82) is 0 Å². The molecule has 0 aliphatic carbocycles. The van der Waals surface area contributed by atoms with E-state index in [-0.39, 0.29) is 17.9 Å². The van der Waals surface area contributed by atoms with Crippen molar-refractivity contribution in [2.24, 2.45) is 0 Å². The number of ether oxygens (including phenoxy) is 3. The minimum Gasteiger partial charge on any atom is -0.493 e. The van der Waals surface area contributed by atoms with Gasteiger partial charge in [-0.15, -0.1) is 0 Å². The van der Waals surface area contributed by atoms with Crippen LogP contribution in [-0.2, 0) is 4.79 Å². The van der Waals surface area contributed by atoms with Gasteiger partial charge in [-0.25, -0.2) is 0 Å². The summed E-state index contributed by atoms with van der Waals surface area (Å²) in [5, 5.41) is 3.72. The Bertz CT molecular complexity index is 1430. The Kier molecular flexibility index (Phi) is 6.75. The number of carbonyl (C=O) groups is 1. The summed E-state index contributed by atoms with van der Waals surface area (Å²) in [6.45, 7) is 1.60. The summed E-state index contributed by atoms with van der Waals surface area (Å²) < 4.78 is 21.9. The lowest BCUT2D eigenvalue weighted by molar-refractivity contribution is -0.118. The summed E-state index contributed by atoms with van der Waals surface area (Å²) in [5.41, 5.74) is 2.57. The highest BCUT2D eigenvalue weighted by Crippen LogP contribution is 2.32. The second kappa shape index (κ2) is 9.89. The molecular weight excluding hydrogens is 458 g/mol. The monoisotopic (exact) mass is 479 g/mol. The molecule has 0 aliphatic heterocycles. The molecule has 0 radical (unpaired) electrons. The van der Waals surface area contributed by atoms with Gasteiger partial charge in [0, 0.05) is 16.8 Å². The molecule has 0 aliphatic rings. The van der Waals surface area contributed by atoms with E-state index in [4.69, 9.17) is 30.2 Å². The van der Waals surface area contributed by atoms with Crippen LogP contribution in [0.5, 0.6) is 17.2 Å². The summed E-state index contributed by atoms with van der Waals surface area (Å²) in [5.74, 6) is 1.13. The number of anilines is 1. The van der Waals surface area contributed by atoms with Crippen LogP contribution in [-0.4, -0.2) is 26.7 Å². The largest absolute Gasteiger partial charge is 0.493 e.